The Labute approximate surface area is 205 Å². The predicted molar refractivity (Wildman–Crippen MR) is 132 cm³/mol. The molecule has 1 unspecified atom stereocenters. The van der Waals surface area contributed by atoms with Crippen LogP contribution in [0.25, 0.3) is 0 Å². The molecule has 0 bridgehead atoms. The van der Waals surface area contributed by atoms with Crippen LogP contribution in [0.4, 0.5) is 0 Å². The standard InChI is InChI=1S/C25H20Cl3N3O2/c1-14-11-22(29-24(14)25(33)17-4-6-18(26)7-5-17)15(2)21-9-10-23(32)31(30-21)13-16-3-8-19(27)20(28)12-16/h3-12,15,29H,13H2,1-2H3. The summed E-state index contributed by atoms with van der Waals surface area (Å²) in [4.78, 5) is 28.6. The molecular formula is C25H20Cl3N3O2. The first-order valence-electron chi connectivity index (χ1n) is 10.2. The van der Waals surface area contributed by atoms with Gasteiger partial charge in [-0.1, -0.05) is 47.8 Å². The van der Waals surface area contributed by atoms with E-state index in [2.05, 4.69) is 10.1 Å². The monoisotopic (exact) mass is 499 g/mol. The van der Waals surface area contributed by atoms with Gasteiger partial charge in [-0.05, 0) is 66.6 Å². The summed E-state index contributed by atoms with van der Waals surface area (Å²) in [6.45, 7) is 4.12. The van der Waals surface area contributed by atoms with Crippen molar-refractivity contribution in [2.45, 2.75) is 26.3 Å². The number of hydrogen-bond acceptors (Lipinski definition) is 3. The van der Waals surface area contributed by atoms with Gasteiger partial charge in [-0.3, -0.25) is 9.59 Å². The van der Waals surface area contributed by atoms with Crippen molar-refractivity contribution >= 4 is 40.6 Å². The fourth-order valence-corrected chi connectivity index (χ4v) is 4.02. The summed E-state index contributed by atoms with van der Waals surface area (Å²) in [6, 6.07) is 17.1. The van der Waals surface area contributed by atoms with Crippen molar-refractivity contribution < 1.29 is 4.79 Å². The third-order valence-corrected chi connectivity index (χ3v) is 6.47. The quantitative estimate of drug-likeness (QED) is 0.317. The molecule has 0 spiro atoms. The molecule has 0 amide bonds. The lowest BCUT2D eigenvalue weighted by molar-refractivity contribution is 0.103. The highest BCUT2D eigenvalue weighted by Gasteiger charge is 2.20. The van der Waals surface area contributed by atoms with Crippen LogP contribution < -0.4 is 5.56 Å². The molecule has 2 aromatic carbocycles. The van der Waals surface area contributed by atoms with Gasteiger partial charge in [-0.15, -0.1) is 0 Å². The van der Waals surface area contributed by atoms with Gasteiger partial charge in [0.05, 0.1) is 28.0 Å². The fourth-order valence-electron chi connectivity index (χ4n) is 3.58. The topological polar surface area (TPSA) is 67.8 Å². The Kier molecular flexibility index (Phi) is 6.75. The molecule has 0 saturated heterocycles. The number of H-pyrrole nitrogens is 1. The van der Waals surface area contributed by atoms with Crippen LogP contribution in [0.5, 0.6) is 0 Å². The number of nitrogens with one attached hydrogen (secondary N) is 1. The molecule has 0 aliphatic heterocycles. The van der Waals surface area contributed by atoms with Gasteiger partial charge in [-0.25, -0.2) is 4.68 Å². The summed E-state index contributed by atoms with van der Waals surface area (Å²) in [7, 11) is 0. The lowest BCUT2D eigenvalue weighted by Gasteiger charge is -2.12. The number of hydrogen-bond donors (Lipinski definition) is 1. The molecular weight excluding hydrogens is 481 g/mol. The molecule has 1 N–H and O–H groups in total. The van der Waals surface area contributed by atoms with E-state index in [-0.39, 0.29) is 23.8 Å². The highest BCUT2D eigenvalue weighted by atomic mass is 35.5. The molecule has 0 fully saturated rings. The molecule has 2 aromatic heterocycles. The molecule has 5 nitrogen and oxygen atoms in total. The number of benzene rings is 2. The highest BCUT2D eigenvalue weighted by molar-refractivity contribution is 6.42. The zero-order chi connectivity index (χ0) is 23.7. The zero-order valence-electron chi connectivity index (χ0n) is 17.9. The third kappa shape index (κ3) is 5.06. The first-order valence-corrected chi connectivity index (χ1v) is 11.4. The number of carbonyl (C=O) groups is 1. The first-order chi connectivity index (χ1) is 15.7. The highest BCUT2D eigenvalue weighted by Crippen LogP contribution is 2.26. The van der Waals surface area contributed by atoms with Crippen molar-refractivity contribution in [2.24, 2.45) is 0 Å². The summed E-state index contributed by atoms with van der Waals surface area (Å²) >= 11 is 18.0. The second-order valence-corrected chi connectivity index (χ2v) is 9.09. The summed E-state index contributed by atoms with van der Waals surface area (Å²) in [5.41, 5.74) is 4.02. The van der Waals surface area contributed by atoms with Gasteiger partial charge in [0.1, 0.15) is 0 Å². The molecule has 1 atom stereocenters. The van der Waals surface area contributed by atoms with Gasteiger partial charge >= 0.3 is 0 Å². The minimum Gasteiger partial charge on any atom is -0.355 e. The fraction of sp³-hybridized carbons (Fsp3) is 0.160. The normalized spacial score (nSPS) is 12.0. The maximum atomic E-state index is 12.9. The SMILES string of the molecule is Cc1cc(C(C)c2ccc(=O)n(Cc3ccc(Cl)c(Cl)c3)n2)[nH]c1C(=O)c1ccc(Cl)cc1. The molecule has 168 valence electrons. The summed E-state index contributed by atoms with van der Waals surface area (Å²) in [5.74, 6) is -0.281. The summed E-state index contributed by atoms with van der Waals surface area (Å²) in [6.07, 6.45) is 0. The van der Waals surface area contributed by atoms with Crippen molar-refractivity contribution in [3.05, 3.63) is 120 Å². The Balaban J connectivity index is 1.61. The Morgan fingerprint density at radius 2 is 1.73 bits per heavy atom. The summed E-state index contributed by atoms with van der Waals surface area (Å²) in [5, 5.41) is 6.01. The van der Waals surface area contributed by atoms with E-state index in [0.29, 0.717) is 32.0 Å². The minimum absolute atomic E-state index is 0.111. The van der Waals surface area contributed by atoms with Crippen molar-refractivity contribution in [1.29, 1.82) is 0 Å². The molecule has 4 aromatic rings. The number of carbonyl (C=O) groups excluding carboxylic acids is 1. The van der Waals surface area contributed by atoms with E-state index in [1.54, 1.807) is 48.5 Å². The number of aromatic nitrogens is 3. The van der Waals surface area contributed by atoms with E-state index in [1.165, 1.54) is 10.7 Å². The molecule has 0 saturated carbocycles. The van der Waals surface area contributed by atoms with Gasteiger partial charge in [0.15, 0.2) is 0 Å². The molecule has 2 heterocycles. The lowest BCUT2D eigenvalue weighted by Crippen LogP contribution is -2.24. The maximum absolute atomic E-state index is 12.9. The maximum Gasteiger partial charge on any atom is 0.267 e. The van der Waals surface area contributed by atoms with Crippen molar-refractivity contribution in [2.75, 3.05) is 0 Å². The Bertz CT molecular complexity index is 1390. The van der Waals surface area contributed by atoms with Crippen LogP contribution in [0.2, 0.25) is 15.1 Å². The number of ketones is 1. The number of aromatic amines is 1. The molecule has 0 radical (unpaired) electrons. The van der Waals surface area contributed by atoms with E-state index >= 15 is 0 Å². The first kappa shape index (κ1) is 23.3. The van der Waals surface area contributed by atoms with Crippen LogP contribution in [0.3, 0.4) is 0 Å². The second-order valence-electron chi connectivity index (χ2n) is 7.84. The average molecular weight is 501 g/mol. The molecule has 33 heavy (non-hydrogen) atoms. The van der Waals surface area contributed by atoms with E-state index in [0.717, 1.165) is 16.8 Å². The number of aryl methyl sites for hydroxylation is 1. The van der Waals surface area contributed by atoms with Crippen molar-refractivity contribution in [1.82, 2.24) is 14.8 Å². The van der Waals surface area contributed by atoms with Crippen molar-refractivity contribution in [3.8, 4) is 0 Å². The zero-order valence-corrected chi connectivity index (χ0v) is 20.2. The van der Waals surface area contributed by atoms with Gasteiger partial charge in [-0.2, -0.15) is 5.10 Å². The van der Waals surface area contributed by atoms with Crippen LogP contribution in [-0.4, -0.2) is 20.5 Å². The predicted octanol–water partition coefficient (Wildman–Crippen LogP) is 6.27. The van der Waals surface area contributed by atoms with Crippen LogP contribution >= 0.6 is 34.8 Å². The summed E-state index contributed by atoms with van der Waals surface area (Å²) < 4.78 is 1.39. The van der Waals surface area contributed by atoms with Crippen LogP contribution in [-0.2, 0) is 6.54 Å². The Morgan fingerprint density at radius 3 is 2.42 bits per heavy atom. The molecule has 8 heteroatoms. The number of nitrogens with zero attached hydrogens (tertiary/aromatic N) is 2. The third-order valence-electron chi connectivity index (χ3n) is 5.48. The van der Waals surface area contributed by atoms with E-state index in [4.69, 9.17) is 34.8 Å². The molecule has 0 aliphatic rings. The average Bonchev–Trinajstić information content (AvgIpc) is 3.19. The van der Waals surface area contributed by atoms with E-state index < -0.39 is 0 Å². The van der Waals surface area contributed by atoms with E-state index in [1.807, 2.05) is 19.9 Å². The van der Waals surface area contributed by atoms with Crippen LogP contribution in [0.15, 0.2) is 65.5 Å². The smallest absolute Gasteiger partial charge is 0.267 e. The van der Waals surface area contributed by atoms with Gasteiger partial charge in [0.25, 0.3) is 5.56 Å². The van der Waals surface area contributed by atoms with Crippen molar-refractivity contribution in [3.63, 3.8) is 0 Å². The van der Waals surface area contributed by atoms with Gasteiger partial charge in [0, 0.05) is 28.3 Å². The molecule has 4 rings (SSSR count). The second kappa shape index (κ2) is 9.56. The van der Waals surface area contributed by atoms with Crippen LogP contribution in [0, 0.1) is 6.92 Å². The van der Waals surface area contributed by atoms with Crippen LogP contribution in [0.1, 0.15) is 51.4 Å². The van der Waals surface area contributed by atoms with Gasteiger partial charge < -0.3 is 4.98 Å². The van der Waals surface area contributed by atoms with Gasteiger partial charge in [0.2, 0.25) is 5.78 Å². The Hall–Kier alpha value is -2.86. The number of rotatable bonds is 6. The minimum atomic E-state index is -0.224. The lowest BCUT2D eigenvalue weighted by atomic mass is 10.0. The Morgan fingerprint density at radius 1 is 1.00 bits per heavy atom. The molecule has 0 aliphatic carbocycles. The largest absolute Gasteiger partial charge is 0.355 e. The number of halogens is 3. The van der Waals surface area contributed by atoms with E-state index in [9.17, 15) is 9.59 Å².